The van der Waals surface area contributed by atoms with Crippen LogP contribution in [0.25, 0.3) is 0 Å². The van der Waals surface area contributed by atoms with Gasteiger partial charge in [0.1, 0.15) is 49.3 Å². The van der Waals surface area contributed by atoms with E-state index in [2.05, 4.69) is 53.7 Å². The Balaban J connectivity index is 1.03. The van der Waals surface area contributed by atoms with Crippen LogP contribution in [0.3, 0.4) is 0 Å². The standard InChI is InChI=1S/C44H70O14/c1-22-30(48)35(58-36-33(51)32(50)31(49)24(56-36)19-53-23(2)46)34(52)37(55-22)57-29-11-12-39(5)25(40(29,6)20-45)9-13-41(7)26(39)10-14-44-27-17-38(3,4)15-16-43(27,21-54-44)28(47)18-42(41,44)8/h10,14,22,24-37,45,47-52H,9,11-13,15-21H2,1-8H3/t22-,24-,25-,26-,27+,28+,29+,30+,31-,32+,33-,34-,35+,36+,37+,39+,40+,41-,42+,43-,44+/m1/s1. The third-order valence-corrected chi connectivity index (χ3v) is 18.2. The van der Waals surface area contributed by atoms with Crippen molar-refractivity contribution >= 4 is 5.97 Å². The van der Waals surface area contributed by atoms with Crippen molar-refractivity contribution in [2.45, 2.75) is 186 Å². The number of aliphatic hydroxyl groups excluding tert-OH is 7. The van der Waals surface area contributed by atoms with Gasteiger partial charge < -0.3 is 64.2 Å². The van der Waals surface area contributed by atoms with Gasteiger partial charge in [0.25, 0.3) is 0 Å². The largest absolute Gasteiger partial charge is 0.463 e. The van der Waals surface area contributed by atoms with Crippen LogP contribution < -0.4 is 0 Å². The van der Waals surface area contributed by atoms with Gasteiger partial charge in [0.15, 0.2) is 12.6 Å². The fraction of sp³-hybridized carbons (Fsp3) is 0.932. The lowest BCUT2D eigenvalue weighted by Crippen LogP contribution is -2.72. The Hall–Kier alpha value is -1.27. The number of carbonyl (C=O) groups excluding carboxylic acids is 1. The summed E-state index contributed by atoms with van der Waals surface area (Å²) in [5.41, 5.74) is -1.98. The summed E-state index contributed by atoms with van der Waals surface area (Å²) in [6.07, 6.45) is -3.78. The Morgan fingerprint density at radius 1 is 0.793 bits per heavy atom. The molecule has 8 rings (SSSR count). The molecule has 0 aromatic carbocycles. The van der Waals surface area contributed by atoms with Crippen LogP contribution in [0.5, 0.6) is 0 Å². The van der Waals surface area contributed by atoms with Crippen LogP contribution >= 0.6 is 0 Å². The number of fused-ring (bicyclic) bond motifs is 4. The van der Waals surface area contributed by atoms with Crippen LogP contribution in [0.2, 0.25) is 0 Å². The molecule has 0 aromatic heterocycles. The quantitative estimate of drug-likeness (QED) is 0.112. The average Bonchev–Trinajstić information content (AvgIpc) is 3.44. The van der Waals surface area contributed by atoms with Gasteiger partial charge in [-0.3, -0.25) is 4.79 Å². The fourth-order valence-corrected chi connectivity index (χ4v) is 14.5. The summed E-state index contributed by atoms with van der Waals surface area (Å²) in [6, 6.07) is 0. The summed E-state index contributed by atoms with van der Waals surface area (Å²) in [7, 11) is 0. The first-order valence-electron chi connectivity index (χ1n) is 21.8. The number of aliphatic hydroxyl groups is 7. The minimum Gasteiger partial charge on any atom is -0.463 e. The lowest BCUT2D eigenvalue weighted by Gasteiger charge is -2.73. The first-order valence-corrected chi connectivity index (χ1v) is 21.8. The maximum absolute atomic E-state index is 12.2. The molecular weight excluding hydrogens is 752 g/mol. The molecule has 0 aromatic rings. The molecule has 8 aliphatic rings. The Kier molecular flexibility index (Phi) is 10.8. The summed E-state index contributed by atoms with van der Waals surface area (Å²) >= 11 is 0. The number of carbonyl (C=O) groups is 1. The van der Waals surface area contributed by atoms with Crippen LogP contribution in [-0.4, -0.2) is 141 Å². The highest BCUT2D eigenvalue weighted by atomic mass is 16.7. The second-order valence-electron chi connectivity index (χ2n) is 21.6. The van der Waals surface area contributed by atoms with Crippen molar-refractivity contribution in [3.8, 4) is 0 Å². The van der Waals surface area contributed by atoms with E-state index in [1.165, 1.54) is 6.92 Å². The summed E-state index contributed by atoms with van der Waals surface area (Å²) in [6.45, 7) is 16.8. The number of allylic oxidation sites excluding steroid dienone is 1. The van der Waals surface area contributed by atoms with E-state index in [-0.39, 0.29) is 51.4 Å². The molecule has 14 heteroatoms. The highest BCUT2D eigenvalue weighted by Crippen LogP contribution is 2.79. The van der Waals surface area contributed by atoms with Crippen molar-refractivity contribution in [1.29, 1.82) is 0 Å². The molecule has 5 aliphatic carbocycles. The van der Waals surface area contributed by atoms with Gasteiger partial charge in [-0.1, -0.05) is 53.7 Å². The summed E-state index contributed by atoms with van der Waals surface area (Å²) in [4.78, 5) is 11.4. The Labute approximate surface area is 342 Å². The molecular formula is C44H70O14. The molecule has 0 unspecified atom stereocenters. The van der Waals surface area contributed by atoms with E-state index in [9.17, 15) is 40.5 Å². The normalized spacial score (nSPS) is 57.1. The van der Waals surface area contributed by atoms with Gasteiger partial charge in [-0.15, -0.1) is 0 Å². The summed E-state index contributed by atoms with van der Waals surface area (Å²) in [5, 5.41) is 78.2. The molecule has 3 aliphatic heterocycles. The monoisotopic (exact) mass is 822 g/mol. The highest BCUT2D eigenvalue weighted by molar-refractivity contribution is 5.65. The molecule has 0 radical (unpaired) electrons. The second-order valence-corrected chi connectivity index (χ2v) is 21.6. The first-order chi connectivity index (χ1) is 27.0. The van der Waals surface area contributed by atoms with Crippen LogP contribution in [0.1, 0.15) is 107 Å². The zero-order valence-electron chi connectivity index (χ0n) is 35.6. The van der Waals surface area contributed by atoms with Crippen LogP contribution in [0, 0.1) is 50.2 Å². The van der Waals surface area contributed by atoms with Gasteiger partial charge in [-0.05, 0) is 86.4 Å². The minimum absolute atomic E-state index is 0.0264. The molecule has 58 heavy (non-hydrogen) atoms. The Morgan fingerprint density at radius 3 is 2.19 bits per heavy atom. The molecule has 2 bridgehead atoms. The number of hydrogen-bond acceptors (Lipinski definition) is 14. The third kappa shape index (κ3) is 5.97. The van der Waals surface area contributed by atoms with Crippen molar-refractivity contribution in [1.82, 2.24) is 0 Å². The minimum atomic E-state index is -1.76. The van der Waals surface area contributed by atoms with Crippen LogP contribution in [0.15, 0.2) is 12.2 Å². The Bertz CT molecular complexity index is 1610. The molecule has 21 atom stereocenters. The second kappa shape index (κ2) is 14.4. The van der Waals surface area contributed by atoms with Crippen molar-refractivity contribution in [2.24, 2.45) is 50.2 Å². The number of ether oxygens (including phenoxy) is 6. The van der Waals surface area contributed by atoms with E-state index in [1.807, 2.05) is 0 Å². The van der Waals surface area contributed by atoms with Gasteiger partial charge in [-0.2, -0.15) is 0 Å². The zero-order chi connectivity index (χ0) is 42.2. The van der Waals surface area contributed by atoms with Crippen molar-refractivity contribution in [3.63, 3.8) is 0 Å². The van der Waals surface area contributed by atoms with E-state index in [1.54, 1.807) is 6.92 Å². The summed E-state index contributed by atoms with van der Waals surface area (Å²) < 4.78 is 36.5. The number of rotatable bonds is 7. The number of hydrogen-bond donors (Lipinski definition) is 7. The van der Waals surface area contributed by atoms with Gasteiger partial charge in [0.2, 0.25) is 0 Å². The van der Waals surface area contributed by atoms with E-state index in [4.69, 9.17) is 28.4 Å². The molecule has 0 amide bonds. The van der Waals surface area contributed by atoms with Gasteiger partial charge in [-0.25, -0.2) is 0 Å². The smallest absolute Gasteiger partial charge is 0.302 e. The van der Waals surface area contributed by atoms with E-state index >= 15 is 0 Å². The van der Waals surface area contributed by atoms with Gasteiger partial charge >= 0.3 is 5.97 Å². The van der Waals surface area contributed by atoms with Crippen molar-refractivity contribution in [3.05, 3.63) is 12.2 Å². The molecule has 1 spiro atoms. The van der Waals surface area contributed by atoms with Gasteiger partial charge in [0.05, 0.1) is 37.1 Å². The lowest BCUT2D eigenvalue weighted by molar-refractivity contribution is -0.367. The third-order valence-electron chi connectivity index (χ3n) is 18.2. The average molecular weight is 823 g/mol. The van der Waals surface area contributed by atoms with E-state index < -0.39 is 97.2 Å². The fourth-order valence-electron chi connectivity index (χ4n) is 14.5. The predicted molar refractivity (Wildman–Crippen MR) is 206 cm³/mol. The Morgan fingerprint density at radius 2 is 1.50 bits per heavy atom. The zero-order valence-corrected chi connectivity index (χ0v) is 35.6. The molecule has 7 fully saturated rings. The van der Waals surface area contributed by atoms with E-state index in [0.29, 0.717) is 19.4 Å². The van der Waals surface area contributed by atoms with Gasteiger partial charge in [0, 0.05) is 29.1 Å². The molecule has 14 nitrogen and oxygen atoms in total. The SMILES string of the molecule is CC(=O)OC[C@H]1O[C@@H](O[C@H]2[C@@H](O)[C@@H](C)O[C@@H](O[C@H]3CC[C@@]4(C)[C@@H](CC[C@]5(C)[C@@H]4C=C[C@]46OC[C@@]7(CCC(C)(C)C[C@@H]74)[C@@H](O)C[C@]65C)[C@]3(C)CO)[C@@H]2O)[C@H](O)[C@@H](O)[C@@H]1O. The first kappa shape index (κ1) is 43.4. The lowest BCUT2D eigenvalue weighted by atomic mass is 9.32. The highest BCUT2D eigenvalue weighted by Gasteiger charge is 2.79. The topological polar surface area (TPSA) is 214 Å². The van der Waals surface area contributed by atoms with Crippen LogP contribution in [-0.2, 0) is 33.2 Å². The van der Waals surface area contributed by atoms with Crippen molar-refractivity contribution in [2.75, 3.05) is 19.8 Å². The molecule has 3 saturated heterocycles. The molecule has 330 valence electrons. The number of esters is 1. The molecule has 4 saturated carbocycles. The molecule has 7 N–H and O–H groups in total. The molecule has 3 heterocycles. The maximum Gasteiger partial charge on any atom is 0.302 e. The van der Waals surface area contributed by atoms with E-state index in [0.717, 1.165) is 38.5 Å². The summed E-state index contributed by atoms with van der Waals surface area (Å²) in [5.74, 6) is -0.223. The van der Waals surface area contributed by atoms with Crippen molar-refractivity contribution < 1.29 is 69.0 Å². The van der Waals surface area contributed by atoms with Crippen LogP contribution in [0.4, 0.5) is 0 Å². The maximum atomic E-state index is 12.2. The predicted octanol–water partition coefficient (Wildman–Crippen LogP) is 2.35.